The fourth-order valence-corrected chi connectivity index (χ4v) is 3.35. The van der Waals surface area contributed by atoms with Gasteiger partial charge in [0.15, 0.2) is 5.69 Å². The molecular weight excluding hydrogens is 370 g/mol. The minimum atomic E-state index is -1.66. The highest BCUT2D eigenvalue weighted by Gasteiger charge is 2.42. The molecule has 2 aromatic heterocycles. The quantitative estimate of drug-likeness (QED) is 0.629. The Kier molecular flexibility index (Phi) is 4.32. The maximum absolute atomic E-state index is 12.1. The van der Waals surface area contributed by atoms with Crippen LogP contribution in [0.15, 0.2) is 36.5 Å². The first-order chi connectivity index (χ1) is 13.8. The Hall–Kier alpha value is -3.70. The number of aryl methyl sites for hydroxylation is 1. The number of pyridine rings is 1. The molecule has 1 aromatic carbocycles. The number of hydrogen-bond acceptors (Lipinski definition) is 5. The van der Waals surface area contributed by atoms with E-state index in [2.05, 4.69) is 21.9 Å². The van der Waals surface area contributed by atoms with E-state index < -0.39 is 17.4 Å². The molecular formula is C21H19N5O3. The van der Waals surface area contributed by atoms with Crippen LogP contribution in [0.5, 0.6) is 0 Å². The molecule has 8 nitrogen and oxygen atoms in total. The molecule has 0 radical (unpaired) electrons. The van der Waals surface area contributed by atoms with Crippen molar-refractivity contribution < 1.29 is 14.7 Å². The third kappa shape index (κ3) is 3.22. The number of benzene rings is 1. The number of fused-ring (bicyclic) bond motifs is 1. The van der Waals surface area contributed by atoms with Crippen LogP contribution in [0.3, 0.4) is 0 Å². The molecule has 1 fully saturated rings. The van der Waals surface area contributed by atoms with Crippen LogP contribution in [-0.2, 0) is 4.79 Å². The Morgan fingerprint density at radius 1 is 1.34 bits per heavy atom. The number of likely N-dealkylation sites (tertiary alicyclic amines) is 1. The first kappa shape index (κ1) is 18.7. The third-order valence-electron chi connectivity index (χ3n) is 4.95. The molecule has 3 N–H and O–H groups in total. The Balaban J connectivity index is 1.78. The SMILES string of the molecule is Cc1cc2c(cn1)c(C(N)=O)nn2-c1cccc(C#CC2(O)CCN(C)C2=O)c1. The molecule has 3 aromatic rings. The van der Waals surface area contributed by atoms with Gasteiger partial charge in [-0.2, -0.15) is 5.10 Å². The second-order valence-electron chi connectivity index (χ2n) is 7.10. The number of primary amides is 1. The van der Waals surface area contributed by atoms with Gasteiger partial charge in [0.05, 0.1) is 16.6 Å². The largest absolute Gasteiger partial charge is 0.369 e. The van der Waals surface area contributed by atoms with Gasteiger partial charge in [-0.25, -0.2) is 4.68 Å². The summed E-state index contributed by atoms with van der Waals surface area (Å²) in [5, 5.41) is 15.4. The summed E-state index contributed by atoms with van der Waals surface area (Å²) in [5.41, 5.74) is 6.69. The maximum atomic E-state index is 12.1. The highest BCUT2D eigenvalue weighted by atomic mass is 16.3. The van der Waals surface area contributed by atoms with Gasteiger partial charge in [0.2, 0.25) is 5.60 Å². The van der Waals surface area contributed by atoms with E-state index in [0.717, 1.165) is 5.69 Å². The molecule has 1 aliphatic rings. The average Bonchev–Trinajstić information content (AvgIpc) is 3.20. The topological polar surface area (TPSA) is 114 Å². The molecule has 2 amide bonds. The summed E-state index contributed by atoms with van der Waals surface area (Å²) in [6, 6.07) is 8.98. The number of aromatic nitrogens is 3. The molecule has 0 bridgehead atoms. The molecule has 29 heavy (non-hydrogen) atoms. The predicted molar refractivity (Wildman–Crippen MR) is 106 cm³/mol. The number of nitrogens with zero attached hydrogens (tertiary/aromatic N) is 4. The van der Waals surface area contributed by atoms with Gasteiger partial charge < -0.3 is 15.7 Å². The van der Waals surface area contributed by atoms with Crippen molar-refractivity contribution in [3.63, 3.8) is 0 Å². The molecule has 1 unspecified atom stereocenters. The Labute approximate surface area is 166 Å². The van der Waals surface area contributed by atoms with Crippen molar-refractivity contribution >= 4 is 22.7 Å². The number of carbonyl (C=O) groups excluding carboxylic acids is 2. The van der Waals surface area contributed by atoms with E-state index in [-0.39, 0.29) is 12.1 Å². The van der Waals surface area contributed by atoms with Crippen LogP contribution < -0.4 is 5.73 Å². The molecule has 0 saturated carbocycles. The van der Waals surface area contributed by atoms with Crippen molar-refractivity contribution in [3.05, 3.63) is 53.5 Å². The predicted octanol–water partition coefficient (Wildman–Crippen LogP) is 0.773. The number of hydrogen-bond donors (Lipinski definition) is 2. The van der Waals surface area contributed by atoms with Gasteiger partial charge in [0, 0.05) is 37.5 Å². The Bertz CT molecular complexity index is 1220. The second-order valence-corrected chi connectivity index (χ2v) is 7.10. The van der Waals surface area contributed by atoms with Crippen LogP contribution in [-0.4, -0.2) is 55.8 Å². The van der Waals surface area contributed by atoms with Crippen molar-refractivity contribution in [2.24, 2.45) is 5.73 Å². The zero-order valence-electron chi connectivity index (χ0n) is 16.0. The zero-order valence-corrected chi connectivity index (χ0v) is 16.0. The molecule has 1 aliphatic heterocycles. The Morgan fingerprint density at radius 3 is 2.83 bits per heavy atom. The van der Waals surface area contributed by atoms with Gasteiger partial charge in [-0.05, 0) is 31.2 Å². The highest BCUT2D eigenvalue weighted by Crippen LogP contribution is 2.23. The van der Waals surface area contributed by atoms with Crippen molar-refractivity contribution in [3.8, 4) is 17.5 Å². The fraction of sp³-hybridized carbons (Fsp3) is 0.238. The van der Waals surface area contributed by atoms with Crippen LogP contribution in [0, 0.1) is 18.8 Å². The highest BCUT2D eigenvalue weighted by molar-refractivity contribution is 6.04. The lowest BCUT2D eigenvalue weighted by atomic mass is 10.0. The van der Waals surface area contributed by atoms with E-state index in [1.807, 2.05) is 19.1 Å². The molecule has 1 saturated heterocycles. The average molecular weight is 389 g/mol. The smallest absolute Gasteiger partial charge is 0.269 e. The monoisotopic (exact) mass is 389 g/mol. The molecule has 146 valence electrons. The third-order valence-corrected chi connectivity index (χ3v) is 4.95. The lowest BCUT2D eigenvalue weighted by Crippen LogP contribution is -2.37. The van der Waals surface area contributed by atoms with Crippen LogP contribution in [0.4, 0.5) is 0 Å². The molecule has 4 rings (SSSR count). The number of aliphatic hydroxyl groups is 1. The van der Waals surface area contributed by atoms with Crippen molar-refractivity contribution in [2.75, 3.05) is 13.6 Å². The number of rotatable bonds is 2. The van der Waals surface area contributed by atoms with E-state index in [9.17, 15) is 14.7 Å². The van der Waals surface area contributed by atoms with E-state index in [1.165, 1.54) is 4.90 Å². The summed E-state index contributed by atoms with van der Waals surface area (Å²) in [6.07, 6.45) is 1.85. The van der Waals surface area contributed by atoms with Gasteiger partial charge in [0.25, 0.3) is 11.8 Å². The Morgan fingerprint density at radius 2 is 2.14 bits per heavy atom. The first-order valence-corrected chi connectivity index (χ1v) is 9.05. The standard InChI is InChI=1S/C21H19N5O3/c1-13-10-17-16(12-23-13)18(19(22)27)24-26(17)15-5-3-4-14(11-15)6-7-21(29)8-9-25(2)20(21)28/h3-5,10-12,29H,8-9H2,1-2H3,(H2,22,27). The molecule has 3 heterocycles. The van der Waals surface area contributed by atoms with Gasteiger partial charge in [-0.15, -0.1) is 0 Å². The molecule has 0 aliphatic carbocycles. The normalized spacial score (nSPS) is 18.7. The first-order valence-electron chi connectivity index (χ1n) is 9.05. The van der Waals surface area contributed by atoms with Crippen molar-refractivity contribution in [1.82, 2.24) is 19.7 Å². The van der Waals surface area contributed by atoms with E-state index >= 15 is 0 Å². The summed E-state index contributed by atoms with van der Waals surface area (Å²) in [4.78, 5) is 29.6. The van der Waals surface area contributed by atoms with E-state index in [1.54, 1.807) is 36.1 Å². The van der Waals surface area contributed by atoms with Gasteiger partial charge in [-0.1, -0.05) is 17.9 Å². The molecule has 0 spiro atoms. The second kappa shape index (κ2) is 6.72. The van der Waals surface area contributed by atoms with Crippen LogP contribution in [0.2, 0.25) is 0 Å². The summed E-state index contributed by atoms with van der Waals surface area (Å²) in [7, 11) is 1.64. The summed E-state index contributed by atoms with van der Waals surface area (Å²) in [5.74, 6) is 4.56. The van der Waals surface area contributed by atoms with Gasteiger partial charge in [-0.3, -0.25) is 14.6 Å². The maximum Gasteiger partial charge on any atom is 0.269 e. The van der Waals surface area contributed by atoms with Crippen LogP contribution in [0.25, 0.3) is 16.6 Å². The van der Waals surface area contributed by atoms with Gasteiger partial charge in [0.1, 0.15) is 0 Å². The lowest BCUT2D eigenvalue weighted by Gasteiger charge is -2.13. The molecule has 1 atom stereocenters. The zero-order chi connectivity index (χ0) is 20.8. The van der Waals surface area contributed by atoms with Crippen molar-refractivity contribution in [2.45, 2.75) is 18.9 Å². The minimum absolute atomic E-state index is 0.137. The number of amides is 2. The minimum Gasteiger partial charge on any atom is -0.369 e. The summed E-state index contributed by atoms with van der Waals surface area (Å²) >= 11 is 0. The van der Waals surface area contributed by atoms with Crippen LogP contribution >= 0.6 is 0 Å². The number of carbonyl (C=O) groups is 2. The summed E-state index contributed by atoms with van der Waals surface area (Å²) < 4.78 is 1.61. The number of likely N-dealkylation sites (N-methyl/N-ethyl adjacent to an activating group) is 1. The fourth-order valence-electron chi connectivity index (χ4n) is 3.35. The number of nitrogens with two attached hydrogens (primary N) is 1. The lowest BCUT2D eigenvalue weighted by molar-refractivity contribution is -0.137. The van der Waals surface area contributed by atoms with Gasteiger partial charge >= 0.3 is 0 Å². The van der Waals surface area contributed by atoms with E-state index in [0.29, 0.717) is 28.7 Å². The van der Waals surface area contributed by atoms with Crippen molar-refractivity contribution in [1.29, 1.82) is 0 Å². The summed E-state index contributed by atoms with van der Waals surface area (Å²) in [6.45, 7) is 2.31. The molecule has 8 heteroatoms. The van der Waals surface area contributed by atoms with Crippen LogP contribution in [0.1, 0.15) is 28.2 Å². The van der Waals surface area contributed by atoms with E-state index in [4.69, 9.17) is 5.73 Å².